The van der Waals surface area contributed by atoms with Crippen molar-refractivity contribution in [2.75, 3.05) is 25.6 Å². The maximum Gasteiger partial charge on any atom is 0.500 e. The maximum atomic E-state index is 12.6. The third-order valence-electron chi connectivity index (χ3n) is 4.17. The number of hydrogen-bond donors (Lipinski definition) is 0. The summed E-state index contributed by atoms with van der Waals surface area (Å²) in [4.78, 5) is 12.6. The van der Waals surface area contributed by atoms with E-state index in [0.717, 1.165) is 42.5 Å². The Morgan fingerprint density at radius 2 is 1.74 bits per heavy atom. The highest BCUT2D eigenvalue weighted by molar-refractivity contribution is 7.98. The highest BCUT2D eigenvalue weighted by atomic mass is 32.2. The van der Waals surface area contributed by atoms with Crippen LogP contribution in [0.5, 0.6) is 0 Å². The second kappa shape index (κ2) is 13.6. The summed E-state index contributed by atoms with van der Waals surface area (Å²) in [5.74, 6) is 2.30. The Hall–Kier alpha value is -0.603. The standard InChI is InChI=1S/C20H37NO4SSi/c1-6-23-27(24-7-2,25-8-3)16-10-15-26-17-19-11-9-13-21(20(19)22)14-12-18(4)5/h9,11,13,18H,6-8,10,12,14-17H2,1-5H3. The second-order valence-corrected chi connectivity index (χ2v) is 10.7. The van der Waals surface area contributed by atoms with Crippen LogP contribution in [-0.4, -0.2) is 38.9 Å². The third-order valence-corrected chi connectivity index (χ3v) is 8.41. The van der Waals surface area contributed by atoms with Gasteiger partial charge < -0.3 is 17.8 Å². The molecule has 0 unspecified atom stereocenters. The monoisotopic (exact) mass is 415 g/mol. The Morgan fingerprint density at radius 3 is 2.30 bits per heavy atom. The largest absolute Gasteiger partial charge is 0.500 e. The van der Waals surface area contributed by atoms with Gasteiger partial charge in [-0.25, -0.2) is 0 Å². The lowest BCUT2D eigenvalue weighted by Crippen LogP contribution is -2.46. The van der Waals surface area contributed by atoms with E-state index in [2.05, 4.69) is 13.8 Å². The lowest BCUT2D eigenvalue weighted by molar-refractivity contribution is 0.0712. The molecule has 0 atom stereocenters. The fraction of sp³-hybridized carbons (Fsp3) is 0.750. The summed E-state index contributed by atoms with van der Waals surface area (Å²) in [7, 11) is -2.55. The van der Waals surface area contributed by atoms with Gasteiger partial charge in [0.05, 0.1) is 0 Å². The summed E-state index contributed by atoms with van der Waals surface area (Å²) in [6.07, 6.45) is 3.88. The van der Waals surface area contributed by atoms with Crippen molar-refractivity contribution in [2.24, 2.45) is 5.92 Å². The minimum absolute atomic E-state index is 0.146. The quantitative estimate of drug-likeness (QED) is 0.310. The molecule has 0 aromatic carbocycles. The lowest BCUT2D eigenvalue weighted by Gasteiger charge is -2.28. The Morgan fingerprint density at radius 1 is 1.11 bits per heavy atom. The van der Waals surface area contributed by atoms with Gasteiger partial charge in [0.15, 0.2) is 0 Å². The first-order valence-electron chi connectivity index (χ1n) is 10.2. The van der Waals surface area contributed by atoms with Crippen molar-refractivity contribution in [1.82, 2.24) is 4.57 Å². The molecule has 0 saturated heterocycles. The SMILES string of the molecule is CCO[Si](CCCSCc1cccn(CCC(C)C)c1=O)(OCC)OCC. The van der Waals surface area contributed by atoms with Gasteiger partial charge in [0.1, 0.15) is 0 Å². The number of thioether (sulfide) groups is 1. The molecule has 27 heavy (non-hydrogen) atoms. The van der Waals surface area contributed by atoms with Crippen molar-refractivity contribution >= 4 is 20.6 Å². The molecule has 0 aliphatic rings. The van der Waals surface area contributed by atoms with E-state index in [0.29, 0.717) is 25.7 Å². The average molecular weight is 416 g/mol. The molecule has 0 radical (unpaired) electrons. The predicted octanol–water partition coefficient (Wildman–Crippen LogP) is 4.57. The first-order valence-corrected chi connectivity index (χ1v) is 13.2. The van der Waals surface area contributed by atoms with Crippen LogP contribution in [0, 0.1) is 5.92 Å². The van der Waals surface area contributed by atoms with Crippen molar-refractivity contribution in [3.05, 3.63) is 34.2 Å². The lowest BCUT2D eigenvalue weighted by atomic mass is 10.1. The average Bonchev–Trinajstić information content (AvgIpc) is 2.62. The van der Waals surface area contributed by atoms with Crippen molar-refractivity contribution in [3.63, 3.8) is 0 Å². The van der Waals surface area contributed by atoms with Crippen LogP contribution in [0.2, 0.25) is 6.04 Å². The summed E-state index contributed by atoms with van der Waals surface area (Å²) in [6, 6.07) is 4.75. The summed E-state index contributed by atoms with van der Waals surface area (Å²) in [5.41, 5.74) is 1.03. The van der Waals surface area contributed by atoms with Crippen LogP contribution in [0.15, 0.2) is 23.1 Å². The molecule has 1 rings (SSSR count). The van der Waals surface area contributed by atoms with E-state index in [1.54, 1.807) is 11.8 Å². The van der Waals surface area contributed by atoms with E-state index in [1.165, 1.54) is 0 Å². The summed E-state index contributed by atoms with van der Waals surface area (Å²) in [5, 5.41) is 0. The van der Waals surface area contributed by atoms with Gasteiger partial charge in [-0.3, -0.25) is 4.79 Å². The van der Waals surface area contributed by atoms with Crippen LogP contribution in [-0.2, 0) is 25.6 Å². The molecule has 0 aliphatic heterocycles. The molecule has 1 heterocycles. The minimum atomic E-state index is -2.55. The number of hydrogen-bond acceptors (Lipinski definition) is 5. The van der Waals surface area contributed by atoms with E-state index >= 15 is 0 Å². The Bertz CT molecular complexity index is 562. The first-order chi connectivity index (χ1) is 13.0. The van der Waals surface area contributed by atoms with Crippen molar-refractivity contribution in [2.45, 2.75) is 65.8 Å². The van der Waals surface area contributed by atoms with Gasteiger partial charge in [-0.15, -0.1) is 0 Å². The van der Waals surface area contributed by atoms with Crippen LogP contribution in [0.4, 0.5) is 0 Å². The molecule has 0 bridgehead atoms. The molecule has 0 saturated carbocycles. The fourth-order valence-corrected chi connectivity index (χ4v) is 6.64. The normalized spacial score (nSPS) is 12.1. The molecule has 5 nitrogen and oxygen atoms in total. The van der Waals surface area contributed by atoms with Crippen LogP contribution >= 0.6 is 11.8 Å². The number of aromatic nitrogens is 1. The summed E-state index contributed by atoms with van der Waals surface area (Å²) >= 11 is 1.79. The first kappa shape index (κ1) is 24.4. The van der Waals surface area contributed by atoms with Crippen LogP contribution < -0.4 is 5.56 Å². The van der Waals surface area contributed by atoms with E-state index in [9.17, 15) is 4.79 Å². The highest BCUT2D eigenvalue weighted by Gasteiger charge is 2.39. The van der Waals surface area contributed by atoms with Gasteiger partial charge in [0, 0.05) is 49.9 Å². The zero-order chi connectivity index (χ0) is 20.1. The van der Waals surface area contributed by atoms with Gasteiger partial charge in [0.2, 0.25) is 0 Å². The molecule has 1 aromatic heterocycles. The Labute approximate surface area is 170 Å². The molecular formula is C20H37NO4SSi. The minimum Gasteiger partial charge on any atom is -0.374 e. The van der Waals surface area contributed by atoms with Gasteiger partial charge >= 0.3 is 8.80 Å². The number of rotatable bonds is 15. The smallest absolute Gasteiger partial charge is 0.374 e. The van der Waals surface area contributed by atoms with Gasteiger partial charge in [-0.05, 0) is 51.3 Å². The molecule has 1 aromatic rings. The number of pyridine rings is 1. The van der Waals surface area contributed by atoms with E-state index in [-0.39, 0.29) is 5.56 Å². The number of aryl methyl sites for hydroxylation is 1. The molecule has 0 fully saturated rings. The van der Waals surface area contributed by atoms with Gasteiger partial charge in [0.25, 0.3) is 5.56 Å². The highest BCUT2D eigenvalue weighted by Crippen LogP contribution is 2.21. The van der Waals surface area contributed by atoms with Crippen LogP contribution in [0.1, 0.15) is 53.0 Å². The molecule has 0 N–H and O–H groups in total. The molecule has 0 spiro atoms. The molecule has 0 aliphatic carbocycles. The third kappa shape index (κ3) is 8.96. The number of nitrogens with zero attached hydrogens (tertiary/aromatic N) is 1. The second-order valence-electron chi connectivity index (χ2n) is 6.85. The van der Waals surface area contributed by atoms with E-state index in [4.69, 9.17) is 13.3 Å². The Balaban J connectivity index is 2.51. The topological polar surface area (TPSA) is 49.7 Å². The molecule has 7 heteroatoms. The maximum absolute atomic E-state index is 12.6. The van der Waals surface area contributed by atoms with Crippen LogP contribution in [0.3, 0.4) is 0 Å². The molecule has 156 valence electrons. The van der Waals surface area contributed by atoms with Gasteiger partial charge in [-0.1, -0.05) is 19.9 Å². The molecule has 0 amide bonds. The summed E-state index contributed by atoms with van der Waals surface area (Å²) < 4.78 is 19.5. The van der Waals surface area contributed by atoms with Crippen molar-refractivity contribution in [1.29, 1.82) is 0 Å². The summed E-state index contributed by atoms with van der Waals surface area (Å²) in [6.45, 7) is 12.9. The van der Waals surface area contributed by atoms with E-state index < -0.39 is 8.80 Å². The van der Waals surface area contributed by atoms with E-state index in [1.807, 2.05) is 43.7 Å². The van der Waals surface area contributed by atoms with Crippen molar-refractivity contribution in [3.8, 4) is 0 Å². The van der Waals surface area contributed by atoms with Crippen LogP contribution in [0.25, 0.3) is 0 Å². The zero-order valence-electron chi connectivity index (χ0n) is 17.7. The fourth-order valence-electron chi connectivity index (χ4n) is 2.84. The Kier molecular flexibility index (Phi) is 12.3. The zero-order valence-corrected chi connectivity index (χ0v) is 19.5. The van der Waals surface area contributed by atoms with Crippen molar-refractivity contribution < 1.29 is 13.3 Å². The molecular weight excluding hydrogens is 378 g/mol. The van der Waals surface area contributed by atoms with Gasteiger partial charge in [-0.2, -0.15) is 11.8 Å². The predicted molar refractivity (Wildman–Crippen MR) is 116 cm³/mol.